The van der Waals surface area contributed by atoms with Crippen LogP contribution in [0.2, 0.25) is 0 Å². The number of methoxy groups -OCH3 is 1. The lowest BCUT2D eigenvalue weighted by Crippen LogP contribution is -2.57. The van der Waals surface area contributed by atoms with Gasteiger partial charge in [-0.3, -0.25) is 14.6 Å². The summed E-state index contributed by atoms with van der Waals surface area (Å²) >= 11 is 1.55. The van der Waals surface area contributed by atoms with E-state index in [4.69, 9.17) is 4.74 Å². The summed E-state index contributed by atoms with van der Waals surface area (Å²) in [6.45, 7) is 0.595. The van der Waals surface area contributed by atoms with Crippen molar-refractivity contribution in [2.45, 2.75) is 42.3 Å². The topological polar surface area (TPSA) is 134 Å². The second-order valence-corrected chi connectivity index (χ2v) is 9.35. The number of carbonyl (C=O) groups excluding carboxylic acids is 4. The van der Waals surface area contributed by atoms with Gasteiger partial charge in [0.25, 0.3) is 5.91 Å². The lowest BCUT2D eigenvalue weighted by atomic mass is 10.1. The largest absolute Gasteiger partial charge is 0.467 e. The Morgan fingerprint density at radius 3 is 2.67 bits per heavy atom. The monoisotopic (exact) mass is 512 g/mol. The average molecular weight is 513 g/mol. The van der Waals surface area contributed by atoms with E-state index in [1.165, 1.54) is 35.5 Å². The third-order valence-electron chi connectivity index (χ3n) is 6.35. The number of anilines is 1. The fourth-order valence-corrected chi connectivity index (χ4v) is 5.11. The molecule has 0 saturated carbocycles. The van der Waals surface area contributed by atoms with Gasteiger partial charge >= 0.3 is 12.0 Å². The summed E-state index contributed by atoms with van der Waals surface area (Å²) in [5.41, 5.74) is 0.707. The number of thioether (sulfide) groups is 1. The second-order valence-electron chi connectivity index (χ2n) is 8.47. The molecule has 0 aliphatic carbocycles. The standard InChI is InChI=1S/C24H28N6O5S/c1-35-23(33)19-7-4-11-29(19)22(32)20-17(8-12-30(20)21(31)18-14-25-9-10-26-18)28-24(34)27-15-5-3-6-16(13-15)36-2/h3,5-6,9-10,13-14,17,19-20H,4,7-8,11-12H2,1-2H3,(H2,27,28,34)/t17-,19-,20+/m0/s1. The molecule has 3 heterocycles. The van der Waals surface area contributed by atoms with E-state index < -0.39 is 41.9 Å². The van der Waals surface area contributed by atoms with Gasteiger partial charge in [-0.05, 0) is 43.7 Å². The zero-order valence-corrected chi connectivity index (χ0v) is 20.9. The number of hydrogen-bond donors (Lipinski definition) is 2. The first-order chi connectivity index (χ1) is 17.4. The molecule has 2 N–H and O–H groups in total. The number of esters is 1. The fourth-order valence-electron chi connectivity index (χ4n) is 4.65. The summed E-state index contributed by atoms with van der Waals surface area (Å²) in [4.78, 5) is 64.1. The Morgan fingerprint density at radius 2 is 1.94 bits per heavy atom. The summed E-state index contributed by atoms with van der Waals surface area (Å²) in [7, 11) is 1.28. The minimum Gasteiger partial charge on any atom is -0.467 e. The molecular formula is C24H28N6O5S. The first kappa shape index (κ1) is 25.4. The van der Waals surface area contributed by atoms with Crippen molar-refractivity contribution in [2.24, 2.45) is 0 Å². The van der Waals surface area contributed by atoms with Gasteiger partial charge in [-0.2, -0.15) is 0 Å². The Balaban J connectivity index is 1.56. The average Bonchev–Trinajstić information content (AvgIpc) is 3.55. The number of rotatable bonds is 6. The third-order valence-corrected chi connectivity index (χ3v) is 7.07. The molecule has 2 aliphatic heterocycles. The van der Waals surface area contributed by atoms with Gasteiger partial charge in [0, 0.05) is 36.1 Å². The molecule has 1 aromatic carbocycles. The van der Waals surface area contributed by atoms with Crippen LogP contribution in [0.15, 0.2) is 47.8 Å². The molecule has 3 atom stereocenters. The van der Waals surface area contributed by atoms with Crippen LogP contribution >= 0.6 is 11.8 Å². The van der Waals surface area contributed by atoms with Crippen LogP contribution in [-0.2, 0) is 14.3 Å². The van der Waals surface area contributed by atoms with Crippen molar-refractivity contribution in [1.29, 1.82) is 0 Å². The maximum Gasteiger partial charge on any atom is 0.328 e. The Hall–Kier alpha value is -3.67. The molecule has 11 nitrogen and oxygen atoms in total. The second kappa shape index (κ2) is 11.4. The van der Waals surface area contributed by atoms with Crippen LogP contribution in [0.5, 0.6) is 0 Å². The van der Waals surface area contributed by atoms with Crippen molar-refractivity contribution in [3.63, 3.8) is 0 Å². The van der Waals surface area contributed by atoms with Crippen LogP contribution < -0.4 is 10.6 Å². The number of nitrogens with zero attached hydrogens (tertiary/aromatic N) is 4. The molecule has 4 rings (SSSR count). The van der Waals surface area contributed by atoms with E-state index in [2.05, 4.69) is 20.6 Å². The SMILES string of the molecule is COC(=O)[C@@H]1CCCN1C(=O)[C@H]1[C@@H](NC(=O)Nc2cccc(SC)c2)CCN1C(=O)c1cnccn1. The number of hydrogen-bond acceptors (Lipinski definition) is 8. The molecule has 0 radical (unpaired) electrons. The molecule has 36 heavy (non-hydrogen) atoms. The van der Waals surface area contributed by atoms with Crippen molar-refractivity contribution in [3.8, 4) is 0 Å². The lowest BCUT2D eigenvalue weighted by Gasteiger charge is -2.32. The van der Waals surface area contributed by atoms with Crippen molar-refractivity contribution in [2.75, 3.05) is 31.8 Å². The highest BCUT2D eigenvalue weighted by atomic mass is 32.2. The van der Waals surface area contributed by atoms with Gasteiger partial charge in [-0.1, -0.05) is 6.07 Å². The van der Waals surface area contributed by atoms with Gasteiger partial charge in [0.2, 0.25) is 5.91 Å². The molecule has 0 spiro atoms. The van der Waals surface area contributed by atoms with E-state index in [1.54, 1.807) is 17.8 Å². The van der Waals surface area contributed by atoms with Crippen LogP contribution in [0, 0.1) is 0 Å². The molecule has 12 heteroatoms. The summed E-state index contributed by atoms with van der Waals surface area (Å²) in [6.07, 6.45) is 7.61. The Labute approximate surface area is 213 Å². The van der Waals surface area contributed by atoms with E-state index >= 15 is 0 Å². The van der Waals surface area contributed by atoms with Crippen molar-refractivity contribution in [3.05, 3.63) is 48.5 Å². The number of amides is 4. The summed E-state index contributed by atoms with van der Waals surface area (Å²) in [5.74, 6) is -1.37. The molecule has 2 aromatic rings. The van der Waals surface area contributed by atoms with Crippen LogP contribution in [0.3, 0.4) is 0 Å². The van der Waals surface area contributed by atoms with Crippen LogP contribution in [0.4, 0.5) is 10.5 Å². The lowest BCUT2D eigenvalue weighted by molar-refractivity contribution is -0.152. The van der Waals surface area contributed by atoms with E-state index in [1.807, 2.05) is 24.5 Å². The molecule has 0 unspecified atom stereocenters. The fraction of sp³-hybridized carbons (Fsp3) is 0.417. The number of nitrogens with one attached hydrogen (secondary N) is 2. The summed E-state index contributed by atoms with van der Waals surface area (Å²) in [6, 6.07) is 4.50. The number of urea groups is 1. The minimum absolute atomic E-state index is 0.0974. The maximum absolute atomic E-state index is 13.8. The van der Waals surface area contributed by atoms with Gasteiger partial charge in [0.1, 0.15) is 17.8 Å². The van der Waals surface area contributed by atoms with Crippen molar-refractivity contribution < 1.29 is 23.9 Å². The Kier molecular flexibility index (Phi) is 8.04. The van der Waals surface area contributed by atoms with E-state index in [-0.39, 0.29) is 12.2 Å². The van der Waals surface area contributed by atoms with Crippen LogP contribution in [-0.4, -0.2) is 88.2 Å². The van der Waals surface area contributed by atoms with E-state index in [0.717, 1.165) is 4.90 Å². The van der Waals surface area contributed by atoms with E-state index in [9.17, 15) is 19.2 Å². The van der Waals surface area contributed by atoms with Crippen LogP contribution in [0.25, 0.3) is 0 Å². The smallest absolute Gasteiger partial charge is 0.328 e. The van der Waals surface area contributed by atoms with Crippen LogP contribution in [0.1, 0.15) is 29.8 Å². The predicted molar refractivity (Wildman–Crippen MR) is 132 cm³/mol. The van der Waals surface area contributed by atoms with Crippen molar-refractivity contribution in [1.82, 2.24) is 25.1 Å². The normalized spacial score (nSPS) is 21.2. The van der Waals surface area contributed by atoms with Gasteiger partial charge in [0.15, 0.2) is 0 Å². The summed E-state index contributed by atoms with van der Waals surface area (Å²) in [5, 5.41) is 5.66. The highest BCUT2D eigenvalue weighted by molar-refractivity contribution is 7.98. The first-order valence-electron chi connectivity index (χ1n) is 11.6. The molecule has 1 aromatic heterocycles. The van der Waals surface area contributed by atoms with Gasteiger partial charge < -0.3 is 25.2 Å². The quantitative estimate of drug-likeness (QED) is 0.442. The number of likely N-dealkylation sites (tertiary alicyclic amines) is 2. The highest BCUT2D eigenvalue weighted by Crippen LogP contribution is 2.27. The molecule has 4 amide bonds. The predicted octanol–water partition coefficient (Wildman–Crippen LogP) is 1.77. The molecule has 0 bridgehead atoms. The molecule has 2 aliphatic rings. The molecule has 2 fully saturated rings. The minimum atomic E-state index is -1.01. The number of benzene rings is 1. The first-order valence-corrected chi connectivity index (χ1v) is 12.8. The zero-order valence-electron chi connectivity index (χ0n) is 20.0. The Morgan fingerprint density at radius 1 is 1.11 bits per heavy atom. The van der Waals surface area contributed by atoms with Gasteiger partial charge in [-0.15, -0.1) is 11.8 Å². The molecular weight excluding hydrogens is 484 g/mol. The number of carbonyl (C=O) groups is 4. The highest BCUT2D eigenvalue weighted by Gasteiger charge is 2.48. The maximum atomic E-state index is 13.8. The number of ether oxygens (including phenoxy) is 1. The Bertz CT molecular complexity index is 1130. The number of aromatic nitrogens is 2. The van der Waals surface area contributed by atoms with Gasteiger partial charge in [-0.25, -0.2) is 14.6 Å². The summed E-state index contributed by atoms with van der Waals surface area (Å²) < 4.78 is 4.88. The van der Waals surface area contributed by atoms with E-state index in [0.29, 0.717) is 31.5 Å². The molecule has 190 valence electrons. The zero-order chi connectivity index (χ0) is 25.7. The van der Waals surface area contributed by atoms with Crippen molar-refractivity contribution >= 4 is 41.3 Å². The third kappa shape index (κ3) is 5.43. The molecule has 2 saturated heterocycles. The van der Waals surface area contributed by atoms with Gasteiger partial charge in [0.05, 0.1) is 19.3 Å².